The Morgan fingerprint density at radius 1 is 1.03 bits per heavy atom. The molecule has 0 unspecified atom stereocenters. The first kappa shape index (κ1) is 20.9. The number of hydrogen-bond donors (Lipinski definition) is 3. The summed E-state index contributed by atoms with van der Waals surface area (Å²) >= 11 is 5.82. The van der Waals surface area contributed by atoms with E-state index in [0.29, 0.717) is 10.7 Å². The van der Waals surface area contributed by atoms with Crippen LogP contribution in [0.2, 0.25) is 5.02 Å². The van der Waals surface area contributed by atoms with Gasteiger partial charge >= 0.3 is 6.03 Å². The first-order chi connectivity index (χ1) is 15.5. The smallest absolute Gasteiger partial charge is 0.308 e. The quantitative estimate of drug-likeness (QED) is 0.387. The highest BCUT2D eigenvalue weighted by Gasteiger charge is 2.15. The predicted molar refractivity (Wildman–Crippen MR) is 120 cm³/mol. The Kier molecular flexibility index (Phi) is 6.04. The second-order valence-corrected chi connectivity index (χ2v) is 7.07. The van der Waals surface area contributed by atoms with Gasteiger partial charge in [0.2, 0.25) is 0 Å². The van der Waals surface area contributed by atoms with Crippen molar-refractivity contribution in [3.05, 3.63) is 87.3 Å². The van der Waals surface area contributed by atoms with E-state index in [1.54, 1.807) is 30.3 Å². The lowest BCUT2D eigenvalue weighted by Gasteiger charge is -2.06. The summed E-state index contributed by atoms with van der Waals surface area (Å²) < 4.78 is 1.12. The van der Waals surface area contributed by atoms with Crippen LogP contribution in [-0.4, -0.2) is 36.6 Å². The molecule has 10 nitrogen and oxygen atoms in total. The number of amides is 2. The van der Waals surface area contributed by atoms with Gasteiger partial charge in [-0.05, 0) is 35.9 Å². The highest BCUT2D eigenvalue weighted by Crippen LogP contribution is 2.14. The van der Waals surface area contributed by atoms with Gasteiger partial charge in [0.05, 0.1) is 6.42 Å². The van der Waals surface area contributed by atoms with Crippen molar-refractivity contribution < 1.29 is 9.59 Å². The lowest BCUT2D eigenvalue weighted by molar-refractivity contribution is -0.114. The van der Waals surface area contributed by atoms with Crippen LogP contribution >= 0.6 is 11.6 Å². The lowest BCUT2D eigenvalue weighted by Crippen LogP contribution is -2.24. The lowest BCUT2D eigenvalue weighted by atomic mass is 10.1. The molecule has 0 aliphatic heterocycles. The van der Waals surface area contributed by atoms with E-state index in [0.717, 1.165) is 10.1 Å². The molecule has 0 aliphatic carbocycles. The molecule has 0 aliphatic rings. The van der Waals surface area contributed by atoms with Crippen LogP contribution < -0.4 is 16.2 Å². The van der Waals surface area contributed by atoms with E-state index in [1.807, 2.05) is 30.3 Å². The summed E-state index contributed by atoms with van der Waals surface area (Å²) in [4.78, 5) is 40.9. The molecule has 3 N–H and O–H groups in total. The Labute approximate surface area is 186 Å². The summed E-state index contributed by atoms with van der Waals surface area (Å²) in [6.07, 6.45) is 2.84. The minimum Gasteiger partial charge on any atom is -0.308 e. The Hall–Kier alpha value is -4.31. The summed E-state index contributed by atoms with van der Waals surface area (Å²) in [5.74, 6) is -0.310. The molecular weight excluding hydrogens is 434 g/mol. The number of ketones is 1. The van der Waals surface area contributed by atoms with Crippen molar-refractivity contribution in [1.29, 1.82) is 0 Å². The number of urea groups is 1. The Balaban J connectivity index is 1.46. The number of aromatic amines is 1. The maximum Gasteiger partial charge on any atom is 0.326 e. The molecule has 2 aromatic carbocycles. The van der Waals surface area contributed by atoms with Crippen LogP contribution in [0.5, 0.6) is 0 Å². The standard InChI is InChI=1S/C21H16ClN7O3/c22-14-7-9-15(10-8-14)23-21(32)25-20-27-26-19-24-17(18(31)28-29(19)20)12-16(30)11-6-13-4-2-1-3-5-13/h1-11H,12H2,(H,28,31)(H2,23,25,27,32). The molecule has 0 spiro atoms. The number of hydrogen-bond acceptors (Lipinski definition) is 6. The molecule has 0 atom stereocenters. The zero-order chi connectivity index (χ0) is 22.5. The van der Waals surface area contributed by atoms with Gasteiger partial charge in [0.1, 0.15) is 5.69 Å². The van der Waals surface area contributed by atoms with Crippen LogP contribution in [0.3, 0.4) is 0 Å². The number of nitrogens with zero attached hydrogens (tertiary/aromatic N) is 4. The molecule has 4 rings (SSSR count). The summed E-state index contributed by atoms with van der Waals surface area (Å²) in [6, 6.07) is 15.2. The number of allylic oxidation sites excluding steroid dienone is 1. The van der Waals surface area contributed by atoms with E-state index < -0.39 is 11.6 Å². The minimum absolute atomic E-state index is 0.00947. The number of H-pyrrole nitrogens is 1. The van der Waals surface area contributed by atoms with Crippen molar-refractivity contribution >= 4 is 46.9 Å². The SMILES string of the molecule is O=C(C=Cc1ccccc1)Cc1nc2nnc(NC(=O)Nc3ccc(Cl)cc3)n2[nH]c1=O. The van der Waals surface area contributed by atoms with Gasteiger partial charge < -0.3 is 5.32 Å². The van der Waals surface area contributed by atoms with Gasteiger partial charge in [-0.3, -0.25) is 20.0 Å². The predicted octanol–water partition coefficient (Wildman–Crippen LogP) is 2.93. The Morgan fingerprint density at radius 2 is 1.78 bits per heavy atom. The van der Waals surface area contributed by atoms with Gasteiger partial charge in [0.25, 0.3) is 17.3 Å². The van der Waals surface area contributed by atoms with Gasteiger partial charge in [-0.2, -0.15) is 4.52 Å². The van der Waals surface area contributed by atoms with Crippen LogP contribution in [0, 0.1) is 0 Å². The number of benzene rings is 2. The molecule has 4 aromatic rings. The molecule has 0 saturated heterocycles. The molecular formula is C21H16ClN7O3. The highest BCUT2D eigenvalue weighted by atomic mass is 35.5. The number of halogens is 1. The fraction of sp³-hybridized carbons (Fsp3) is 0.0476. The van der Waals surface area contributed by atoms with Gasteiger partial charge in [0.15, 0.2) is 5.78 Å². The summed E-state index contributed by atoms with van der Waals surface area (Å²) in [7, 11) is 0. The largest absolute Gasteiger partial charge is 0.326 e. The van der Waals surface area contributed by atoms with Gasteiger partial charge in [-0.25, -0.2) is 9.78 Å². The highest BCUT2D eigenvalue weighted by molar-refractivity contribution is 6.30. The number of aromatic nitrogens is 5. The van der Waals surface area contributed by atoms with Crippen LogP contribution in [0.15, 0.2) is 65.5 Å². The average molecular weight is 450 g/mol. The summed E-state index contributed by atoms with van der Waals surface area (Å²) in [5.41, 5.74) is 0.768. The zero-order valence-electron chi connectivity index (χ0n) is 16.4. The minimum atomic E-state index is -0.604. The maximum absolute atomic E-state index is 12.4. The average Bonchev–Trinajstić information content (AvgIpc) is 3.16. The molecule has 2 amide bonds. The molecule has 0 bridgehead atoms. The molecule has 2 aromatic heterocycles. The second kappa shape index (κ2) is 9.23. The van der Waals surface area contributed by atoms with Gasteiger partial charge in [-0.1, -0.05) is 48.0 Å². The fourth-order valence-corrected chi connectivity index (χ4v) is 2.89. The first-order valence-corrected chi connectivity index (χ1v) is 9.79. The monoisotopic (exact) mass is 449 g/mol. The van der Waals surface area contributed by atoms with Crippen molar-refractivity contribution in [2.75, 3.05) is 10.6 Å². The molecule has 0 saturated carbocycles. The molecule has 160 valence electrons. The van der Waals surface area contributed by atoms with Crippen molar-refractivity contribution in [2.45, 2.75) is 6.42 Å². The topological polar surface area (TPSA) is 134 Å². The van der Waals surface area contributed by atoms with Crippen LogP contribution in [0.4, 0.5) is 16.4 Å². The van der Waals surface area contributed by atoms with Crippen LogP contribution in [-0.2, 0) is 11.2 Å². The van der Waals surface area contributed by atoms with Crippen LogP contribution in [0.1, 0.15) is 11.3 Å². The molecule has 11 heteroatoms. The van der Waals surface area contributed by atoms with Crippen LogP contribution in [0.25, 0.3) is 11.9 Å². The van der Waals surface area contributed by atoms with Crippen molar-refractivity contribution in [3.8, 4) is 0 Å². The number of rotatable bonds is 6. The first-order valence-electron chi connectivity index (χ1n) is 9.42. The zero-order valence-corrected chi connectivity index (χ0v) is 17.2. The van der Waals surface area contributed by atoms with Crippen molar-refractivity contribution in [3.63, 3.8) is 0 Å². The van der Waals surface area contributed by atoms with E-state index in [-0.39, 0.29) is 29.6 Å². The van der Waals surface area contributed by atoms with E-state index in [1.165, 1.54) is 6.08 Å². The van der Waals surface area contributed by atoms with E-state index in [2.05, 4.69) is 30.9 Å². The normalized spacial score (nSPS) is 11.0. The molecule has 2 heterocycles. The number of carbonyl (C=O) groups is 2. The third-order valence-corrected chi connectivity index (χ3v) is 4.54. The maximum atomic E-state index is 12.4. The summed E-state index contributed by atoms with van der Waals surface area (Å²) in [5, 5.41) is 15.8. The number of anilines is 2. The van der Waals surface area contributed by atoms with E-state index >= 15 is 0 Å². The third-order valence-electron chi connectivity index (χ3n) is 4.29. The van der Waals surface area contributed by atoms with Gasteiger partial charge in [-0.15, -0.1) is 10.2 Å². The molecule has 32 heavy (non-hydrogen) atoms. The van der Waals surface area contributed by atoms with E-state index in [9.17, 15) is 14.4 Å². The second-order valence-electron chi connectivity index (χ2n) is 6.63. The third kappa shape index (κ3) is 5.05. The number of carbonyl (C=O) groups excluding carboxylic acids is 2. The summed E-state index contributed by atoms with van der Waals surface area (Å²) in [6.45, 7) is 0. The fourth-order valence-electron chi connectivity index (χ4n) is 2.76. The van der Waals surface area contributed by atoms with Crippen molar-refractivity contribution in [1.82, 2.24) is 24.8 Å². The number of nitrogens with one attached hydrogen (secondary N) is 3. The van der Waals surface area contributed by atoms with Crippen molar-refractivity contribution in [2.24, 2.45) is 0 Å². The molecule has 0 fully saturated rings. The van der Waals surface area contributed by atoms with Gasteiger partial charge in [0, 0.05) is 10.7 Å². The Morgan fingerprint density at radius 3 is 2.53 bits per heavy atom. The molecule has 0 radical (unpaired) electrons. The Bertz CT molecular complexity index is 1360. The number of fused-ring (bicyclic) bond motifs is 1. The van der Waals surface area contributed by atoms with E-state index in [4.69, 9.17) is 11.6 Å².